The summed E-state index contributed by atoms with van der Waals surface area (Å²) in [6, 6.07) is 0.426. The fraction of sp³-hybridized carbons (Fsp3) is 0.938. The third kappa shape index (κ3) is 7.25. The summed E-state index contributed by atoms with van der Waals surface area (Å²) < 4.78 is 0. The number of nitrogens with zero attached hydrogens (tertiary/aromatic N) is 1. The molecule has 1 amide bonds. The van der Waals surface area contributed by atoms with E-state index >= 15 is 0 Å². The van der Waals surface area contributed by atoms with E-state index in [1.807, 2.05) is 4.90 Å². The molecular formula is C16H32N2O2. The summed E-state index contributed by atoms with van der Waals surface area (Å²) in [6.07, 6.45) is 10.2. The first-order valence-corrected chi connectivity index (χ1v) is 8.40. The maximum Gasteiger partial charge on any atom is 0.222 e. The van der Waals surface area contributed by atoms with Crippen LogP contribution >= 0.6 is 0 Å². The van der Waals surface area contributed by atoms with Crippen molar-refractivity contribution in [2.45, 2.75) is 70.8 Å². The molecule has 20 heavy (non-hydrogen) atoms. The van der Waals surface area contributed by atoms with E-state index in [0.29, 0.717) is 19.0 Å². The predicted molar refractivity (Wildman–Crippen MR) is 82.7 cm³/mol. The first-order valence-electron chi connectivity index (χ1n) is 8.40. The largest absolute Gasteiger partial charge is 0.395 e. The van der Waals surface area contributed by atoms with Crippen LogP contribution in [-0.2, 0) is 4.79 Å². The molecule has 4 nitrogen and oxygen atoms in total. The zero-order valence-corrected chi connectivity index (χ0v) is 13.1. The van der Waals surface area contributed by atoms with Crippen molar-refractivity contribution in [3.8, 4) is 0 Å². The number of aliphatic hydroxyl groups is 1. The van der Waals surface area contributed by atoms with Gasteiger partial charge in [0.15, 0.2) is 0 Å². The summed E-state index contributed by atoms with van der Waals surface area (Å²) in [5, 5.41) is 12.5. The van der Waals surface area contributed by atoms with Crippen molar-refractivity contribution >= 4 is 5.91 Å². The molecule has 1 unspecified atom stereocenters. The lowest BCUT2D eigenvalue weighted by Crippen LogP contribution is -2.42. The normalized spacial score (nSPS) is 18.4. The van der Waals surface area contributed by atoms with Crippen molar-refractivity contribution in [2.24, 2.45) is 0 Å². The van der Waals surface area contributed by atoms with Gasteiger partial charge < -0.3 is 15.3 Å². The number of hydrogen-bond donors (Lipinski definition) is 2. The van der Waals surface area contributed by atoms with Gasteiger partial charge in [0.2, 0.25) is 5.91 Å². The number of unbranched alkanes of at least 4 members (excludes halogenated alkanes) is 5. The van der Waals surface area contributed by atoms with Crippen LogP contribution in [0.4, 0.5) is 0 Å². The Balaban J connectivity index is 2.17. The minimum atomic E-state index is 0.0644. The molecule has 0 spiro atoms. The Kier molecular flexibility index (Phi) is 9.67. The average molecular weight is 284 g/mol. The Morgan fingerprint density at radius 3 is 2.65 bits per heavy atom. The maximum atomic E-state index is 12.2. The number of amides is 1. The molecule has 0 aromatic carbocycles. The molecule has 118 valence electrons. The Morgan fingerprint density at radius 1 is 1.25 bits per heavy atom. The molecule has 0 bridgehead atoms. The highest BCUT2D eigenvalue weighted by Crippen LogP contribution is 2.11. The van der Waals surface area contributed by atoms with Gasteiger partial charge >= 0.3 is 0 Å². The molecule has 1 aliphatic rings. The number of carbonyl (C=O) groups is 1. The minimum absolute atomic E-state index is 0.0644. The molecule has 1 fully saturated rings. The van der Waals surface area contributed by atoms with Gasteiger partial charge in [0.25, 0.3) is 0 Å². The lowest BCUT2D eigenvalue weighted by molar-refractivity contribution is -0.132. The van der Waals surface area contributed by atoms with Crippen molar-refractivity contribution < 1.29 is 9.90 Å². The van der Waals surface area contributed by atoms with Crippen molar-refractivity contribution in [1.82, 2.24) is 10.2 Å². The van der Waals surface area contributed by atoms with Crippen LogP contribution in [0, 0.1) is 0 Å². The van der Waals surface area contributed by atoms with E-state index in [1.54, 1.807) is 0 Å². The second kappa shape index (κ2) is 11.1. The molecule has 0 aromatic heterocycles. The quantitative estimate of drug-likeness (QED) is 0.572. The van der Waals surface area contributed by atoms with Crippen molar-refractivity contribution in [1.29, 1.82) is 0 Å². The summed E-state index contributed by atoms with van der Waals surface area (Å²) in [5.41, 5.74) is 0. The van der Waals surface area contributed by atoms with Gasteiger partial charge in [0.05, 0.1) is 6.61 Å². The Hall–Kier alpha value is -0.610. The number of carbonyl (C=O) groups excluding carboxylic acids is 1. The summed E-state index contributed by atoms with van der Waals surface area (Å²) >= 11 is 0. The predicted octanol–water partition coefficient (Wildman–Crippen LogP) is 2.31. The number of nitrogens with one attached hydrogen (secondary N) is 1. The topological polar surface area (TPSA) is 52.6 Å². The Labute approximate surface area is 123 Å². The molecule has 0 radical (unpaired) electrons. The van der Waals surface area contributed by atoms with Gasteiger partial charge in [0.1, 0.15) is 0 Å². The SMILES string of the molecule is CCCCCCCCC(=O)N(CCO)CC1CCCN1. The summed E-state index contributed by atoms with van der Waals surface area (Å²) in [4.78, 5) is 14.0. The Morgan fingerprint density at radius 2 is 2.00 bits per heavy atom. The van der Waals surface area contributed by atoms with E-state index in [9.17, 15) is 4.79 Å². The van der Waals surface area contributed by atoms with Crippen LogP contribution in [0.1, 0.15) is 64.7 Å². The molecule has 0 aliphatic carbocycles. The average Bonchev–Trinajstić information content (AvgIpc) is 2.95. The summed E-state index contributed by atoms with van der Waals surface area (Å²) in [6.45, 7) is 4.58. The van der Waals surface area contributed by atoms with Gasteiger partial charge in [-0.3, -0.25) is 4.79 Å². The summed E-state index contributed by atoms with van der Waals surface area (Å²) in [7, 11) is 0. The highest BCUT2D eigenvalue weighted by atomic mass is 16.3. The second-order valence-electron chi connectivity index (χ2n) is 5.87. The standard InChI is InChI=1S/C16H32N2O2/c1-2-3-4-5-6-7-10-16(20)18(12-13-19)14-15-9-8-11-17-15/h15,17,19H,2-14H2,1H3. The zero-order chi connectivity index (χ0) is 14.6. The molecule has 0 aromatic rings. The van der Waals surface area contributed by atoms with Crippen LogP contribution in [0.15, 0.2) is 0 Å². The fourth-order valence-electron chi connectivity index (χ4n) is 2.83. The van der Waals surface area contributed by atoms with Crippen LogP contribution in [0.25, 0.3) is 0 Å². The van der Waals surface area contributed by atoms with Gasteiger partial charge in [-0.15, -0.1) is 0 Å². The number of aliphatic hydroxyl groups excluding tert-OH is 1. The molecule has 1 saturated heterocycles. The van der Waals surface area contributed by atoms with Gasteiger partial charge in [-0.2, -0.15) is 0 Å². The molecule has 1 atom stereocenters. The highest BCUT2D eigenvalue weighted by Gasteiger charge is 2.20. The molecule has 2 N–H and O–H groups in total. The number of hydrogen-bond acceptors (Lipinski definition) is 3. The van der Waals surface area contributed by atoms with Crippen LogP contribution in [0.5, 0.6) is 0 Å². The van der Waals surface area contributed by atoms with E-state index in [1.165, 1.54) is 32.1 Å². The van der Waals surface area contributed by atoms with Crippen molar-refractivity contribution in [2.75, 3.05) is 26.2 Å². The van der Waals surface area contributed by atoms with E-state index < -0.39 is 0 Å². The van der Waals surface area contributed by atoms with Gasteiger partial charge in [-0.1, -0.05) is 39.0 Å². The first kappa shape index (κ1) is 17.4. The third-order valence-electron chi connectivity index (χ3n) is 4.07. The first-order chi connectivity index (χ1) is 9.77. The fourth-order valence-corrected chi connectivity index (χ4v) is 2.83. The molecule has 1 heterocycles. The summed E-state index contributed by atoms with van der Waals surface area (Å²) in [5.74, 6) is 0.211. The minimum Gasteiger partial charge on any atom is -0.395 e. The Bertz CT molecular complexity index is 253. The van der Waals surface area contributed by atoms with Gasteiger partial charge in [-0.25, -0.2) is 0 Å². The van der Waals surface area contributed by atoms with Gasteiger partial charge in [-0.05, 0) is 25.8 Å². The maximum absolute atomic E-state index is 12.2. The molecule has 1 aliphatic heterocycles. The van der Waals surface area contributed by atoms with E-state index in [0.717, 1.165) is 32.4 Å². The van der Waals surface area contributed by atoms with E-state index in [4.69, 9.17) is 5.11 Å². The van der Waals surface area contributed by atoms with Crippen molar-refractivity contribution in [3.63, 3.8) is 0 Å². The highest BCUT2D eigenvalue weighted by molar-refractivity contribution is 5.76. The lowest BCUT2D eigenvalue weighted by Gasteiger charge is -2.25. The lowest BCUT2D eigenvalue weighted by atomic mass is 10.1. The smallest absolute Gasteiger partial charge is 0.222 e. The van der Waals surface area contributed by atoms with Crippen molar-refractivity contribution in [3.05, 3.63) is 0 Å². The van der Waals surface area contributed by atoms with Crippen LogP contribution in [0.2, 0.25) is 0 Å². The van der Waals surface area contributed by atoms with E-state index in [-0.39, 0.29) is 12.5 Å². The second-order valence-corrected chi connectivity index (χ2v) is 5.87. The van der Waals surface area contributed by atoms with Crippen LogP contribution < -0.4 is 5.32 Å². The monoisotopic (exact) mass is 284 g/mol. The van der Waals surface area contributed by atoms with E-state index in [2.05, 4.69) is 12.2 Å². The molecular weight excluding hydrogens is 252 g/mol. The zero-order valence-electron chi connectivity index (χ0n) is 13.1. The molecule has 4 heteroatoms. The van der Waals surface area contributed by atoms with Gasteiger partial charge in [0, 0.05) is 25.6 Å². The molecule has 1 rings (SSSR count). The molecule has 0 saturated carbocycles. The third-order valence-corrected chi connectivity index (χ3v) is 4.07. The van der Waals surface area contributed by atoms with Crippen LogP contribution in [0.3, 0.4) is 0 Å². The number of rotatable bonds is 11. The van der Waals surface area contributed by atoms with Crippen LogP contribution in [-0.4, -0.2) is 48.2 Å².